The van der Waals surface area contributed by atoms with Crippen molar-refractivity contribution in [1.82, 2.24) is 5.32 Å². The molecule has 3 aromatic rings. The Hall–Kier alpha value is -3.52. The van der Waals surface area contributed by atoms with Crippen molar-refractivity contribution in [3.05, 3.63) is 90.0 Å². The number of amides is 1. The van der Waals surface area contributed by atoms with Crippen LogP contribution in [0.4, 0.5) is 5.69 Å². The zero-order chi connectivity index (χ0) is 24.6. The minimum atomic E-state index is -3.68. The van der Waals surface area contributed by atoms with Gasteiger partial charge in [-0.1, -0.05) is 49.4 Å². The summed E-state index contributed by atoms with van der Waals surface area (Å²) < 4.78 is 37.0. The average Bonchev–Trinajstić information content (AvgIpc) is 2.85. The Labute approximate surface area is 201 Å². The first kappa shape index (κ1) is 25.1. The molecule has 0 saturated carbocycles. The highest BCUT2D eigenvalue weighted by molar-refractivity contribution is 7.92. The summed E-state index contributed by atoms with van der Waals surface area (Å²) in [5.74, 6) is 0.943. The molecule has 34 heavy (non-hydrogen) atoms. The molecule has 0 aliphatic carbocycles. The van der Waals surface area contributed by atoms with Gasteiger partial charge in [-0.05, 0) is 53.9 Å². The highest BCUT2D eigenvalue weighted by atomic mass is 32.2. The molecule has 0 spiro atoms. The number of methoxy groups -OCH3 is 1. The summed E-state index contributed by atoms with van der Waals surface area (Å²) in [6.45, 7) is 2.04. The molecule has 3 rings (SSSR count). The van der Waals surface area contributed by atoms with Gasteiger partial charge in [0.05, 0.1) is 25.1 Å². The van der Waals surface area contributed by atoms with Crippen molar-refractivity contribution >= 4 is 21.6 Å². The molecule has 0 bridgehead atoms. The number of hydrogen-bond acceptors (Lipinski definition) is 5. The summed E-state index contributed by atoms with van der Waals surface area (Å²) in [6, 6.07) is 23.6. The molecule has 7 nitrogen and oxygen atoms in total. The Morgan fingerprint density at radius 1 is 0.941 bits per heavy atom. The highest BCUT2D eigenvalue weighted by Crippen LogP contribution is 2.23. The van der Waals surface area contributed by atoms with E-state index < -0.39 is 15.9 Å². The van der Waals surface area contributed by atoms with Crippen molar-refractivity contribution in [2.45, 2.75) is 26.0 Å². The number of rotatable bonds is 11. The maximum atomic E-state index is 12.8. The third-order valence-corrected chi connectivity index (χ3v) is 6.46. The zero-order valence-corrected chi connectivity index (χ0v) is 20.4. The van der Waals surface area contributed by atoms with E-state index in [9.17, 15) is 13.2 Å². The van der Waals surface area contributed by atoms with Crippen LogP contribution in [0.25, 0.3) is 0 Å². The molecule has 8 heteroatoms. The molecule has 0 fully saturated rings. The number of anilines is 1. The molecular formula is C26H30N2O5S. The maximum Gasteiger partial charge on any atom is 0.241 e. The van der Waals surface area contributed by atoms with Gasteiger partial charge in [0, 0.05) is 0 Å². The molecule has 1 N–H and O–H groups in total. The van der Waals surface area contributed by atoms with Crippen molar-refractivity contribution in [3.63, 3.8) is 0 Å². The first-order chi connectivity index (χ1) is 16.3. The summed E-state index contributed by atoms with van der Waals surface area (Å²) in [6.07, 6.45) is 1.74. The number of carbonyl (C=O) groups is 1. The van der Waals surface area contributed by atoms with Gasteiger partial charge in [0.25, 0.3) is 0 Å². The fraction of sp³-hybridized carbons (Fsp3) is 0.269. The van der Waals surface area contributed by atoms with Gasteiger partial charge in [-0.3, -0.25) is 9.10 Å². The maximum absolute atomic E-state index is 12.8. The second-order valence-corrected chi connectivity index (χ2v) is 9.75. The van der Waals surface area contributed by atoms with Gasteiger partial charge in [-0.15, -0.1) is 0 Å². The summed E-state index contributed by atoms with van der Waals surface area (Å²) >= 11 is 0. The lowest BCUT2D eigenvalue weighted by molar-refractivity contribution is -0.120. The van der Waals surface area contributed by atoms with Gasteiger partial charge >= 0.3 is 0 Å². The fourth-order valence-corrected chi connectivity index (χ4v) is 4.33. The lowest BCUT2D eigenvalue weighted by Gasteiger charge is -2.24. The number of sulfonamides is 1. The van der Waals surface area contributed by atoms with Gasteiger partial charge < -0.3 is 14.8 Å². The zero-order valence-electron chi connectivity index (χ0n) is 19.6. The van der Waals surface area contributed by atoms with Gasteiger partial charge in [-0.25, -0.2) is 8.42 Å². The Bertz CT molecular complexity index is 1160. The van der Waals surface area contributed by atoms with E-state index in [1.54, 1.807) is 31.4 Å². The molecule has 0 radical (unpaired) electrons. The van der Waals surface area contributed by atoms with E-state index in [4.69, 9.17) is 9.47 Å². The van der Waals surface area contributed by atoms with E-state index in [2.05, 4.69) is 5.32 Å². The standard InChI is InChI=1S/C26H30N2O5S/c1-4-25(21-10-14-23(32-2)15-11-21)27-26(29)18-28(34(3,30)31)22-12-16-24(17-13-22)33-19-20-8-6-5-7-9-20/h5-17,25H,4,18-19H2,1-3H3,(H,27,29)/t25-/m1/s1. The third kappa shape index (κ3) is 6.99. The van der Waals surface area contributed by atoms with Crippen LogP contribution in [0.5, 0.6) is 11.5 Å². The van der Waals surface area contributed by atoms with E-state index in [0.29, 0.717) is 24.5 Å². The predicted octanol–water partition coefficient (Wildman–Crippen LogP) is 4.31. The Balaban J connectivity index is 1.67. The highest BCUT2D eigenvalue weighted by Gasteiger charge is 2.22. The van der Waals surface area contributed by atoms with E-state index >= 15 is 0 Å². The minimum Gasteiger partial charge on any atom is -0.497 e. The third-order valence-electron chi connectivity index (χ3n) is 5.32. The molecule has 180 valence electrons. The SMILES string of the molecule is CC[C@@H](NC(=O)CN(c1ccc(OCc2ccccc2)cc1)S(C)(=O)=O)c1ccc(OC)cc1. The topological polar surface area (TPSA) is 84.9 Å². The molecule has 0 aliphatic heterocycles. The van der Waals surface area contributed by atoms with E-state index in [0.717, 1.165) is 27.4 Å². The first-order valence-corrected chi connectivity index (χ1v) is 12.8. The van der Waals surface area contributed by atoms with Crippen molar-refractivity contribution in [2.75, 3.05) is 24.2 Å². The quantitative estimate of drug-likeness (QED) is 0.440. The second-order valence-electron chi connectivity index (χ2n) is 7.84. The van der Waals surface area contributed by atoms with Crippen LogP contribution in [-0.2, 0) is 21.4 Å². The molecule has 0 aliphatic rings. The largest absolute Gasteiger partial charge is 0.497 e. The molecule has 0 unspecified atom stereocenters. The van der Waals surface area contributed by atoms with Crippen LogP contribution in [-0.4, -0.2) is 34.2 Å². The molecule has 0 saturated heterocycles. The van der Waals surface area contributed by atoms with E-state index in [1.165, 1.54) is 0 Å². The van der Waals surface area contributed by atoms with Crippen molar-refractivity contribution in [2.24, 2.45) is 0 Å². The summed E-state index contributed by atoms with van der Waals surface area (Å²) in [5.41, 5.74) is 2.34. The monoisotopic (exact) mass is 482 g/mol. The van der Waals surface area contributed by atoms with Gasteiger partial charge in [-0.2, -0.15) is 0 Å². The lowest BCUT2D eigenvalue weighted by Crippen LogP contribution is -2.41. The van der Waals surface area contributed by atoms with Crippen LogP contribution < -0.4 is 19.1 Å². The molecule has 3 aromatic carbocycles. The van der Waals surface area contributed by atoms with Crippen LogP contribution in [0.15, 0.2) is 78.9 Å². The fourth-order valence-electron chi connectivity index (χ4n) is 3.48. The van der Waals surface area contributed by atoms with Gasteiger partial charge in [0.2, 0.25) is 15.9 Å². The summed E-state index contributed by atoms with van der Waals surface area (Å²) in [7, 11) is -2.09. The number of carbonyl (C=O) groups excluding carboxylic acids is 1. The van der Waals surface area contributed by atoms with Gasteiger partial charge in [0.1, 0.15) is 24.7 Å². The Morgan fingerprint density at radius 2 is 1.56 bits per heavy atom. The van der Waals surface area contributed by atoms with E-state index in [1.807, 2.05) is 61.5 Å². The second kappa shape index (κ2) is 11.6. The molecule has 0 heterocycles. The summed E-state index contributed by atoms with van der Waals surface area (Å²) in [5, 5.41) is 2.93. The smallest absolute Gasteiger partial charge is 0.241 e. The number of benzene rings is 3. The molecular weight excluding hydrogens is 452 g/mol. The number of nitrogens with one attached hydrogen (secondary N) is 1. The van der Waals surface area contributed by atoms with Crippen LogP contribution in [0.2, 0.25) is 0 Å². The normalized spacial score (nSPS) is 12.0. The Morgan fingerprint density at radius 3 is 2.12 bits per heavy atom. The number of hydrogen-bond donors (Lipinski definition) is 1. The van der Waals surface area contributed by atoms with Gasteiger partial charge in [0.15, 0.2) is 0 Å². The van der Waals surface area contributed by atoms with Crippen molar-refractivity contribution in [1.29, 1.82) is 0 Å². The Kier molecular flexibility index (Phi) is 8.54. The molecule has 1 atom stereocenters. The first-order valence-electron chi connectivity index (χ1n) is 11.0. The number of nitrogens with zero attached hydrogens (tertiary/aromatic N) is 1. The lowest BCUT2D eigenvalue weighted by atomic mass is 10.0. The van der Waals surface area contributed by atoms with Crippen LogP contribution in [0, 0.1) is 0 Å². The number of ether oxygens (including phenoxy) is 2. The van der Waals surface area contributed by atoms with Crippen LogP contribution in [0.3, 0.4) is 0 Å². The minimum absolute atomic E-state index is 0.242. The predicted molar refractivity (Wildman–Crippen MR) is 134 cm³/mol. The van der Waals surface area contributed by atoms with E-state index in [-0.39, 0.29) is 12.6 Å². The van der Waals surface area contributed by atoms with Crippen LogP contribution in [0.1, 0.15) is 30.5 Å². The summed E-state index contributed by atoms with van der Waals surface area (Å²) in [4.78, 5) is 12.8. The van der Waals surface area contributed by atoms with Crippen LogP contribution >= 0.6 is 0 Å². The van der Waals surface area contributed by atoms with Crippen molar-refractivity contribution in [3.8, 4) is 11.5 Å². The molecule has 1 amide bonds. The van der Waals surface area contributed by atoms with Crippen molar-refractivity contribution < 1.29 is 22.7 Å². The molecule has 0 aromatic heterocycles. The average molecular weight is 483 g/mol.